The van der Waals surface area contributed by atoms with Gasteiger partial charge in [-0.05, 0) is 0 Å². The molecule has 0 nitrogen and oxygen atoms in total. The molecule has 0 heterocycles. The van der Waals surface area contributed by atoms with Crippen molar-refractivity contribution in [3.63, 3.8) is 0 Å². The Hall–Kier alpha value is -1.24. The summed E-state index contributed by atoms with van der Waals surface area (Å²) in [4.78, 5) is 0. The first-order chi connectivity index (χ1) is 14.4. The monoisotopic (exact) mass is 488 g/mol. The molecule has 0 aliphatic heterocycles. The van der Waals surface area contributed by atoms with Gasteiger partial charge in [0.1, 0.15) is 0 Å². The molecule has 0 saturated heterocycles. The molecule has 2 atom stereocenters. The van der Waals surface area contributed by atoms with Crippen molar-refractivity contribution in [3.05, 3.63) is 96.9 Å². The molecule has 0 radical (unpaired) electrons. The van der Waals surface area contributed by atoms with E-state index in [4.69, 9.17) is 0 Å². The van der Waals surface area contributed by atoms with Gasteiger partial charge in [0.15, 0.2) is 0 Å². The quantitative estimate of drug-likeness (QED) is 0.383. The van der Waals surface area contributed by atoms with Crippen molar-refractivity contribution >= 4 is 11.0 Å². The SMILES string of the molecule is CCc1ccccc1C1=C[CH]([Zr]([C]2=C(C)C(C)=C(C)C2C)=[Si](C)C)c2ccccc21. The second-order valence-electron chi connectivity index (χ2n) is 9.14. The van der Waals surface area contributed by atoms with Crippen LogP contribution >= 0.6 is 0 Å². The van der Waals surface area contributed by atoms with E-state index in [2.05, 4.69) is 102 Å². The molecule has 0 spiro atoms. The van der Waals surface area contributed by atoms with E-state index in [9.17, 15) is 0 Å². The number of hydrogen-bond donors (Lipinski definition) is 0. The predicted molar refractivity (Wildman–Crippen MR) is 130 cm³/mol. The summed E-state index contributed by atoms with van der Waals surface area (Å²) in [6.07, 6.45) is 3.80. The number of hydrogen-bond acceptors (Lipinski definition) is 0. The van der Waals surface area contributed by atoms with Crippen LogP contribution in [-0.4, -0.2) is 5.43 Å². The fraction of sp³-hybridized carbons (Fsp3) is 0.357. The van der Waals surface area contributed by atoms with Crippen LogP contribution in [0, 0.1) is 5.92 Å². The second-order valence-corrected chi connectivity index (χ2v) is 26.6. The Balaban J connectivity index is 1.92. The van der Waals surface area contributed by atoms with Crippen LogP contribution in [0.4, 0.5) is 0 Å². The standard InChI is InChI=1S/C17H15.C9H13.C2H6Si.Zr/c1-2-13-7-3-5-9-15(13)17-12-11-14-8-4-6-10-16(14)17;1-6-5-7(2)9(4)8(6)3;1-3-2;/h3-12H,2H2,1H3;6H,1-4H3;1-2H3;. The van der Waals surface area contributed by atoms with Gasteiger partial charge in [0.2, 0.25) is 0 Å². The summed E-state index contributed by atoms with van der Waals surface area (Å²) in [6, 6.07) is 18.4. The zero-order valence-electron chi connectivity index (χ0n) is 19.6. The molecule has 2 aliphatic rings. The van der Waals surface area contributed by atoms with E-state index >= 15 is 0 Å². The van der Waals surface area contributed by atoms with Gasteiger partial charge in [0.25, 0.3) is 0 Å². The van der Waals surface area contributed by atoms with Crippen molar-refractivity contribution < 1.29 is 20.4 Å². The minimum atomic E-state index is -1.91. The maximum absolute atomic E-state index is 2.71. The molecule has 4 rings (SSSR count). The number of fused-ring (bicyclic) bond motifs is 1. The number of allylic oxidation sites excluding steroid dienone is 5. The van der Waals surface area contributed by atoms with E-state index in [1.807, 2.05) is 3.28 Å². The average Bonchev–Trinajstić information content (AvgIpc) is 3.21. The molecule has 0 aromatic heterocycles. The molecule has 2 aromatic rings. The fourth-order valence-corrected chi connectivity index (χ4v) is 25.2. The first kappa shape index (κ1) is 22.0. The van der Waals surface area contributed by atoms with E-state index in [0.717, 1.165) is 6.42 Å². The normalized spacial score (nSPS) is 20.6. The van der Waals surface area contributed by atoms with Crippen molar-refractivity contribution in [2.75, 3.05) is 0 Å². The van der Waals surface area contributed by atoms with Crippen LogP contribution in [0.5, 0.6) is 0 Å². The van der Waals surface area contributed by atoms with Crippen LogP contribution in [0.2, 0.25) is 13.1 Å². The van der Waals surface area contributed by atoms with Crippen LogP contribution in [0.25, 0.3) is 5.57 Å². The summed E-state index contributed by atoms with van der Waals surface area (Å²) in [7, 11) is 0. The van der Waals surface area contributed by atoms with E-state index in [1.165, 1.54) is 22.3 Å². The zero-order chi connectivity index (χ0) is 21.6. The molecule has 0 saturated carbocycles. The van der Waals surface area contributed by atoms with Gasteiger partial charge < -0.3 is 0 Å². The van der Waals surface area contributed by atoms with Gasteiger partial charge in [-0.15, -0.1) is 0 Å². The van der Waals surface area contributed by atoms with Gasteiger partial charge in [-0.1, -0.05) is 0 Å². The molecule has 0 fully saturated rings. The van der Waals surface area contributed by atoms with Crippen LogP contribution in [0.15, 0.2) is 74.6 Å². The third-order valence-corrected chi connectivity index (χ3v) is 26.0. The second kappa shape index (κ2) is 8.71. The molecule has 2 unspecified atom stereocenters. The summed E-state index contributed by atoms with van der Waals surface area (Å²) in [6.45, 7) is 17.1. The molecule has 2 aliphatic carbocycles. The van der Waals surface area contributed by atoms with Gasteiger partial charge >= 0.3 is 192 Å². The number of benzene rings is 2. The Morgan fingerprint density at radius 2 is 1.50 bits per heavy atom. The average molecular weight is 490 g/mol. The predicted octanol–water partition coefficient (Wildman–Crippen LogP) is 7.86. The van der Waals surface area contributed by atoms with Crippen molar-refractivity contribution in [2.24, 2.45) is 5.92 Å². The van der Waals surface area contributed by atoms with Gasteiger partial charge in [-0.25, -0.2) is 0 Å². The molecule has 2 aromatic carbocycles. The van der Waals surface area contributed by atoms with E-state index in [-0.39, 0.29) is 5.43 Å². The Kier molecular flexibility index (Phi) is 6.38. The van der Waals surface area contributed by atoms with Crippen molar-refractivity contribution in [1.82, 2.24) is 0 Å². The summed E-state index contributed by atoms with van der Waals surface area (Å²) in [5, 5.41) is 0. The van der Waals surface area contributed by atoms with Crippen LogP contribution in [0.1, 0.15) is 60.5 Å². The molecule has 30 heavy (non-hydrogen) atoms. The summed E-state index contributed by atoms with van der Waals surface area (Å²) >= 11 is -1.91. The summed E-state index contributed by atoms with van der Waals surface area (Å²) in [5.74, 6) is 0.659. The third-order valence-electron chi connectivity index (χ3n) is 7.39. The van der Waals surface area contributed by atoms with Gasteiger partial charge in [-0.3, -0.25) is 0 Å². The zero-order valence-corrected chi connectivity index (χ0v) is 23.0. The van der Waals surface area contributed by atoms with Crippen molar-refractivity contribution in [1.29, 1.82) is 0 Å². The van der Waals surface area contributed by atoms with Gasteiger partial charge in [0, 0.05) is 0 Å². The van der Waals surface area contributed by atoms with Crippen LogP contribution in [-0.2, 0) is 26.8 Å². The molecule has 0 N–H and O–H groups in total. The molecule has 0 amide bonds. The molecule has 154 valence electrons. The van der Waals surface area contributed by atoms with E-state index < -0.39 is 20.4 Å². The van der Waals surface area contributed by atoms with Gasteiger partial charge in [0.05, 0.1) is 0 Å². The number of aryl methyl sites for hydroxylation is 1. The van der Waals surface area contributed by atoms with Crippen molar-refractivity contribution in [3.8, 4) is 0 Å². The Morgan fingerprint density at radius 3 is 2.10 bits per heavy atom. The van der Waals surface area contributed by atoms with Crippen LogP contribution in [0.3, 0.4) is 0 Å². The topological polar surface area (TPSA) is 0 Å². The van der Waals surface area contributed by atoms with E-state index in [1.54, 1.807) is 22.3 Å². The summed E-state index contributed by atoms with van der Waals surface area (Å²) < 4.78 is 2.59. The fourth-order valence-electron chi connectivity index (χ4n) is 5.47. The molecular weight excluding hydrogens is 456 g/mol. The first-order valence-electron chi connectivity index (χ1n) is 11.3. The number of rotatable bonds is 4. The van der Waals surface area contributed by atoms with Crippen molar-refractivity contribution in [2.45, 2.75) is 57.8 Å². The Bertz CT molecular complexity index is 1140. The minimum absolute atomic E-state index is 0.344. The third kappa shape index (κ3) is 3.55. The van der Waals surface area contributed by atoms with Crippen LogP contribution < -0.4 is 0 Å². The molecule has 0 bridgehead atoms. The molecular formula is C28H34SiZr. The molecule has 2 heteroatoms. The Labute approximate surface area is 191 Å². The summed E-state index contributed by atoms with van der Waals surface area (Å²) in [5.41, 5.74) is 12.0. The van der Waals surface area contributed by atoms with Gasteiger partial charge in [-0.2, -0.15) is 0 Å². The Morgan fingerprint density at radius 1 is 0.867 bits per heavy atom. The first-order valence-corrected chi connectivity index (χ1v) is 20.2. The maximum atomic E-state index is 2.71. The van der Waals surface area contributed by atoms with E-state index in [0.29, 0.717) is 9.54 Å².